The number of fused-ring (bicyclic) bond motifs is 1. The first-order valence-corrected chi connectivity index (χ1v) is 9.98. The van der Waals surface area contributed by atoms with E-state index in [4.69, 9.17) is 9.47 Å². The third kappa shape index (κ3) is 3.69. The predicted octanol–water partition coefficient (Wildman–Crippen LogP) is 3.95. The molecule has 7 heteroatoms. The van der Waals surface area contributed by atoms with E-state index < -0.39 is 0 Å². The monoisotopic (exact) mass is 377 g/mol. The molecule has 1 amide bonds. The highest BCUT2D eigenvalue weighted by Gasteiger charge is 2.27. The highest BCUT2D eigenvalue weighted by molar-refractivity contribution is 7.20. The Morgan fingerprint density at radius 1 is 1.19 bits per heavy atom. The third-order valence-electron chi connectivity index (χ3n) is 5.16. The van der Waals surface area contributed by atoms with Crippen LogP contribution in [0.2, 0.25) is 0 Å². The van der Waals surface area contributed by atoms with Crippen molar-refractivity contribution in [1.29, 1.82) is 0 Å². The molecule has 2 aromatic rings. The molecule has 0 spiro atoms. The zero-order chi connectivity index (χ0) is 18.7. The standard InChI is InChI=1S/C19H27N3O3S/c1-12-15-17(25-4)20-14(11-24-3)21-18(15)26-16(12)19(23)22(2)13-9-7-5-6-8-10-13/h13H,5-11H2,1-4H3. The Balaban J connectivity index is 1.96. The summed E-state index contributed by atoms with van der Waals surface area (Å²) >= 11 is 1.42. The molecule has 1 saturated carbocycles. The SMILES string of the molecule is COCc1nc(OC)c2c(C)c(C(=O)N(C)C3CCCCCC3)sc2n1. The fourth-order valence-electron chi connectivity index (χ4n) is 3.66. The number of aryl methyl sites for hydroxylation is 1. The van der Waals surface area contributed by atoms with Crippen LogP contribution in [-0.4, -0.2) is 48.1 Å². The summed E-state index contributed by atoms with van der Waals surface area (Å²) in [6, 6.07) is 0.326. The molecule has 2 aromatic heterocycles. The summed E-state index contributed by atoms with van der Waals surface area (Å²) in [5.74, 6) is 1.15. The number of hydrogen-bond acceptors (Lipinski definition) is 6. The van der Waals surface area contributed by atoms with Gasteiger partial charge in [-0.15, -0.1) is 11.3 Å². The molecule has 26 heavy (non-hydrogen) atoms. The average molecular weight is 378 g/mol. The average Bonchev–Trinajstić information content (AvgIpc) is 2.82. The Morgan fingerprint density at radius 2 is 1.88 bits per heavy atom. The molecule has 0 atom stereocenters. The summed E-state index contributed by atoms with van der Waals surface area (Å²) in [5.41, 5.74) is 0.899. The van der Waals surface area contributed by atoms with Gasteiger partial charge in [-0.1, -0.05) is 25.7 Å². The number of aromatic nitrogens is 2. The van der Waals surface area contributed by atoms with Gasteiger partial charge >= 0.3 is 0 Å². The van der Waals surface area contributed by atoms with Gasteiger partial charge in [0.15, 0.2) is 5.82 Å². The van der Waals surface area contributed by atoms with Crippen molar-refractivity contribution in [3.05, 3.63) is 16.3 Å². The van der Waals surface area contributed by atoms with E-state index in [0.717, 1.165) is 33.5 Å². The number of amides is 1. The van der Waals surface area contributed by atoms with E-state index in [1.54, 1.807) is 14.2 Å². The van der Waals surface area contributed by atoms with Gasteiger partial charge in [0.2, 0.25) is 5.88 Å². The molecule has 0 saturated heterocycles. The van der Waals surface area contributed by atoms with Crippen LogP contribution in [0, 0.1) is 6.92 Å². The lowest BCUT2D eigenvalue weighted by atomic mass is 10.1. The van der Waals surface area contributed by atoms with Crippen molar-refractivity contribution in [3.63, 3.8) is 0 Å². The fraction of sp³-hybridized carbons (Fsp3) is 0.632. The molecule has 2 heterocycles. The number of nitrogens with zero attached hydrogens (tertiary/aromatic N) is 3. The van der Waals surface area contributed by atoms with Crippen molar-refractivity contribution >= 4 is 27.5 Å². The molecular formula is C19H27N3O3S. The van der Waals surface area contributed by atoms with Crippen LogP contribution in [0.4, 0.5) is 0 Å². The summed E-state index contributed by atoms with van der Waals surface area (Å²) in [7, 11) is 5.13. The Hall–Kier alpha value is -1.73. The van der Waals surface area contributed by atoms with E-state index in [0.29, 0.717) is 24.4 Å². The summed E-state index contributed by atoms with van der Waals surface area (Å²) < 4.78 is 10.6. The highest BCUT2D eigenvalue weighted by Crippen LogP contribution is 2.36. The quantitative estimate of drug-likeness (QED) is 0.738. The summed E-state index contributed by atoms with van der Waals surface area (Å²) in [5, 5.41) is 0.829. The number of carbonyl (C=O) groups is 1. The number of carbonyl (C=O) groups excluding carboxylic acids is 1. The zero-order valence-corrected chi connectivity index (χ0v) is 16.8. The van der Waals surface area contributed by atoms with Crippen LogP contribution in [0.3, 0.4) is 0 Å². The molecule has 1 aliphatic rings. The van der Waals surface area contributed by atoms with Crippen molar-refractivity contribution < 1.29 is 14.3 Å². The first kappa shape index (κ1) is 19.0. The number of thiophene rings is 1. The minimum Gasteiger partial charge on any atom is -0.480 e. The van der Waals surface area contributed by atoms with Crippen LogP contribution in [0.25, 0.3) is 10.2 Å². The van der Waals surface area contributed by atoms with E-state index >= 15 is 0 Å². The van der Waals surface area contributed by atoms with Crippen LogP contribution in [0.15, 0.2) is 0 Å². The highest BCUT2D eigenvalue weighted by atomic mass is 32.1. The topological polar surface area (TPSA) is 64.6 Å². The Labute approximate surface area is 158 Å². The van der Waals surface area contributed by atoms with E-state index in [-0.39, 0.29) is 5.91 Å². The second-order valence-corrected chi connectivity index (χ2v) is 7.88. The Kier molecular flexibility index (Phi) is 6.09. The molecular weight excluding hydrogens is 350 g/mol. The second kappa shape index (κ2) is 8.31. The molecule has 1 fully saturated rings. The summed E-state index contributed by atoms with van der Waals surface area (Å²) in [6.07, 6.45) is 7.13. The van der Waals surface area contributed by atoms with Crippen molar-refractivity contribution in [2.75, 3.05) is 21.3 Å². The Morgan fingerprint density at radius 3 is 2.50 bits per heavy atom. The molecule has 0 aliphatic heterocycles. The van der Waals surface area contributed by atoms with E-state index in [1.165, 1.54) is 37.0 Å². The zero-order valence-electron chi connectivity index (χ0n) is 16.0. The lowest BCUT2D eigenvalue weighted by Crippen LogP contribution is -2.36. The minimum absolute atomic E-state index is 0.0766. The van der Waals surface area contributed by atoms with Crippen molar-refractivity contribution in [2.24, 2.45) is 0 Å². The number of ether oxygens (including phenoxy) is 2. The van der Waals surface area contributed by atoms with Crippen molar-refractivity contribution in [1.82, 2.24) is 14.9 Å². The van der Waals surface area contributed by atoms with Gasteiger partial charge in [-0.3, -0.25) is 4.79 Å². The molecule has 3 rings (SSSR count). The van der Waals surface area contributed by atoms with Crippen LogP contribution in [0.1, 0.15) is 59.6 Å². The van der Waals surface area contributed by atoms with Gasteiger partial charge in [0.05, 0.1) is 17.4 Å². The maximum Gasteiger partial charge on any atom is 0.264 e. The van der Waals surface area contributed by atoms with Gasteiger partial charge in [-0.05, 0) is 25.3 Å². The minimum atomic E-state index is 0.0766. The first-order chi connectivity index (χ1) is 12.6. The fourth-order valence-corrected chi connectivity index (χ4v) is 4.83. The molecule has 142 valence electrons. The van der Waals surface area contributed by atoms with Crippen LogP contribution in [-0.2, 0) is 11.3 Å². The largest absolute Gasteiger partial charge is 0.480 e. The van der Waals surface area contributed by atoms with Gasteiger partial charge in [0, 0.05) is 20.2 Å². The lowest BCUT2D eigenvalue weighted by Gasteiger charge is -2.27. The van der Waals surface area contributed by atoms with Gasteiger partial charge in [0.1, 0.15) is 11.4 Å². The number of hydrogen-bond donors (Lipinski definition) is 0. The lowest BCUT2D eigenvalue weighted by molar-refractivity contribution is 0.0722. The van der Waals surface area contributed by atoms with Crippen molar-refractivity contribution in [2.45, 2.75) is 58.1 Å². The molecule has 0 radical (unpaired) electrons. The van der Waals surface area contributed by atoms with Gasteiger partial charge in [0.25, 0.3) is 5.91 Å². The second-order valence-electron chi connectivity index (χ2n) is 6.88. The van der Waals surface area contributed by atoms with Gasteiger partial charge in [-0.2, -0.15) is 4.98 Å². The van der Waals surface area contributed by atoms with Gasteiger partial charge < -0.3 is 14.4 Å². The van der Waals surface area contributed by atoms with Crippen molar-refractivity contribution in [3.8, 4) is 5.88 Å². The molecule has 1 aliphatic carbocycles. The number of methoxy groups -OCH3 is 2. The van der Waals surface area contributed by atoms with Crippen LogP contribution >= 0.6 is 11.3 Å². The number of rotatable bonds is 5. The third-order valence-corrected chi connectivity index (χ3v) is 6.33. The summed E-state index contributed by atoms with van der Waals surface area (Å²) in [4.78, 5) is 25.6. The smallest absolute Gasteiger partial charge is 0.264 e. The molecule has 0 unspecified atom stereocenters. The van der Waals surface area contributed by atoms with E-state index in [9.17, 15) is 4.79 Å². The maximum atomic E-state index is 13.2. The normalized spacial score (nSPS) is 15.8. The van der Waals surface area contributed by atoms with E-state index in [2.05, 4.69) is 9.97 Å². The first-order valence-electron chi connectivity index (χ1n) is 9.17. The maximum absolute atomic E-state index is 13.2. The molecule has 0 N–H and O–H groups in total. The van der Waals surface area contributed by atoms with Crippen LogP contribution in [0.5, 0.6) is 5.88 Å². The summed E-state index contributed by atoms with van der Waals surface area (Å²) in [6.45, 7) is 2.27. The predicted molar refractivity (Wildman–Crippen MR) is 103 cm³/mol. The van der Waals surface area contributed by atoms with Gasteiger partial charge in [-0.25, -0.2) is 4.98 Å². The van der Waals surface area contributed by atoms with E-state index in [1.807, 2.05) is 18.9 Å². The molecule has 0 bridgehead atoms. The van der Waals surface area contributed by atoms with Crippen LogP contribution < -0.4 is 4.74 Å². The molecule has 0 aromatic carbocycles. The molecule has 6 nitrogen and oxygen atoms in total. The Bertz CT molecular complexity index is 782.